The van der Waals surface area contributed by atoms with Crippen molar-refractivity contribution < 1.29 is 4.79 Å². The highest BCUT2D eigenvalue weighted by atomic mass is 35.5. The summed E-state index contributed by atoms with van der Waals surface area (Å²) in [6, 6.07) is 20.5. The first-order valence-corrected chi connectivity index (χ1v) is 9.41. The molecule has 142 valence electrons. The summed E-state index contributed by atoms with van der Waals surface area (Å²) in [5, 5.41) is 5.39. The topological polar surface area (TPSA) is 67.2 Å². The number of carbonyl (C=O) groups is 1. The number of nitrogens with one attached hydrogen (secondary N) is 1. The molecule has 2 heterocycles. The van der Waals surface area contributed by atoms with E-state index >= 15 is 0 Å². The van der Waals surface area contributed by atoms with Gasteiger partial charge in [-0.05, 0) is 25.1 Å². The molecule has 4 aromatic rings. The van der Waals surface area contributed by atoms with Gasteiger partial charge in [-0.15, -0.1) is 0 Å². The minimum absolute atomic E-state index is 0.333. The minimum Gasteiger partial charge on any atom is -0.267 e. The first-order valence-electron chi connectivity index (χ1n) is 9.03. The van der Waals surface area contributed by atoms with Gasteiger partial charge in [0.25, 0.3) is 5.91 Å². The molecule has 0 aliphatic heterocycles. The van der Waals surface area contributed by atoms with E-state index in [1.807, 2.05) is 55.5 Å². The zero-order chi connectivity index (χ0) is 20.2. The molecule has 4 rings (SSSR count). The van der Waals surface area contributed by atoms with Gasteiger partial charge in [0.1, 0.15) is 0 Å². The quantitative estimate of drug-likeness (QED) is 0.382. The van der Waals surface area contributed by atoms with Gasteiger partial charge in [0.05, 0.1) is 27.5 Å². The van der Waals surface area contributed by atoms with Crippen molar-refractivity contribution in [3.05, 3.63) is 95.3 Å². The van der Waals surface area contributed by atoms with Crippen LogP contribution >= 0.6 is 11.6 Å². The predicted molar refractivity (Wildman–Crippen MR) is 116 cm³/mol. The maximum Gasteiger partial charge on any atom is 0.272 e. The van der Waals surface area contributed by atoms with Crippen LogP contribution in [0.15, 0.2) is 84.2 Å². The molecule has 0 saturated heterocycles. The van der Waals surface area contributed by atoms with E-state index in [1.54, 1.807) is 30.6 Å². The Morgan fingerprint density at radius 3 is 2.62 bits per heavy atom. The second kappa shape index (κ2) is 8.20. The Morgan fingerprint density at radius 2 is 1.86 bits per heavy atom. The van der Waals surface area contributed by atoms with E-state index in [1.165, 1.54) is 0 Å². The number of pyridine rings is 2. The van der Waals surface area contributed by atoms with Gasteiger partial charge in [0.2, 0.25) is 0 Å². The van der Waals surface area contributed by atoms with Gasteiger partial charge in [0, 0.05) is 28.9 Å². The number of aromatic nitrogens is 2. The number of fused-ring (bicyclic) bond motifs is 1. The summed E-state index contributed by atoms with van der Waals surface area (Å²) in [5.41, 5.74) is 6.74. The van der Waals surface area contributed by atoms with Crippen LogP contribution in [0.2, 0.25) is 5.02 Å². The Hall–Kier alpha value is -3.57. The Balaban J connectivity index is 1.76. The molecule has 6 heteroatoms. The van der Waals surface area contributed by atoms with Crippen molar-refractivity contribution in [1.29, 1.82) is 0 Å². The van der Waals surface area contributed by atoms with Crippen LogP contribution in [0.3, 0.4) is 0 Å². The third-order valence-corrected chi connectivity index (χ3v) is 4.81. The van der Waals surface area contributed by atoms with E-state index < -0.39 is 0 Å². The maximum absolute atomic E-state index is 13.0. The average Bonchev–Trinajstić information content (AvgIpc) is 2.78. The van der Waals surface area contributed by atoms with Crippen molar-refractivity contribution in [3.63, 3.8) is 0 Å². The Bertz CT molecular complexity index is 1210. The van der Waals surface area contributed by atoms with Gasteiger partial charge in [-0.1, -0.05) is 60.1 Å². The normalized spacial score (nSPS) is 11.4. The third-order valence-electron chi connectivity index (χ3n) is 4.51. The van der Waals surface area contributed by atoms with E-state index in [4.69, 9.17) is 11.6 Å². The monoisotopic (exact) mass is 400 g/mol. The molecule has 0 aliphatic rings. The fourth-order valence-corrected chi connectivity index (χ4v) is 3.21. The molecule has 0 radical (unpaired) electrons. The number of hydrogen-bond acceptors (Lipinski definition) is 4. The molecule has 0 aliphatic carbocycles. The summed E-state index contributed by atoms with van der Waals surface area (Å²) in [7, 11) is 0. The van der Waals surface area contributed by atoms with E-state index in [0.29, 0.717) is 32.9 Å². The fourth-order valence-electron chi connectivity index (χ4n) is 2.99. The standard InChI is InChI=1S/C23H17ClN4O/c1-15(17-9-6-12-25-14-17)27-28-23(29)19-13-21(16-7-3-2-4-8-16)26-22-18(19)10-5-11-20(22)24/h2-14H,1H3,(H,28,29). The summed E-state index contributed by atoms with van der Waals surface area (Å²) in [6.45, 7) is 1.81. The highest BCUT2D eigenvalue weighted by molar-refractivity contribution is 6.35. The highest BCUT2D eigenvalue weighted by Crippen LogP contribution is 2.29. The van der Waals surface area contributed by atoms with E-state index in [-0.39, 0.29) is 5.91 Å². The lowest BCUT2D eigenvalue weighted by Crippen LogP contribution is -2.20. The van der Waals surface area contributed by atoms with Gasteiger partial charge in [-0.2, -0.15) is 5.10 Å². The zero-order valence-corrected chi connectivity index (χ0v) is 16.4. The summed E-state index contributed by atoms with van der Waals surface area (Å²) in [4.78, 5) is 21.7. The molecule has 0 saturated carbocycles. The maximum atomic E-state index is 13.0. The van der Waals surface area contributed by atoms with E-state index in [2.05, 4.69) is 20.5 Å². The largest absolute Gasteiger partial charge is 0.272 e. The molecule has 0 unspecified atom stereocenters. The van der Waals surface area contributed by atoms with Crippen molar-refractivity contribution in [2.75, 3.05) is 0 Å². The van der Waals surface area contributed by atoms with Crippen LogP contribution in [0.5, 0.6) is 0 Å². The predicted octanol–water partition coefficient (Wildman–Crippen LogP) is 5.10. The third kappa shape index (κ3) is 4.00. The van der Waals surface area contributed by atoms with Gasteiger partial charge in [0.15, 0.2) is 0 Å². The van der Waals surface area contributed by atoms with E-state index in [0.717, 1.165) is 11.1 Å². The summed E-state index contributed by atoms with van der Waals surface area (Å²) >= 11 is 6.37. The molecule has 2 aromatic heterocycles. The smallest absolute Gasteiger partial charge is 0.267 e. The number of hydrazone groups is 1. The molecule has 1 amide bonds. The second-order valence-corrected chi connectivity index (χ2v) is 6.84. The van der Waals surface area contributed by atoms with Crippen molar-refractivity contribution in [2.45, 2.75) is 6.92 Å². The SMILES string of the molecule is CC(=NNC(=O)c1cc(-c2ccccc2)nc2c(Cl)cccc12)c1cccnc1. The molecular weight excluding hydrogens is 384 g/mol. The van der Waals surface area contributed by atoms with Gasteiger partial charge >= 0.3 is 0 Å². The number of rotatable bonds is 4. The summed E-state index contributed by atoms with van der Waals surface area (Å²) in [6.07, 6.45) is 3.38. The molecule has 5 nitrogen and oxygen atoms in total. The molecule has 0 fully saturated rings. The number of carbonyl (C=O) groups excluding carboxylic acids is 1. The Morgan fingerprint density at radius 1 is 1.03 bits per heavy atom. The number of nitrogens with zero attached hydrogens (tertiary/aromatic N) is 3. The van der Waals surface area contributed by atoms with Crippen LogP contribution < -0.4 is 5.43 Å². The Labute approximate surface area is 173 Å². The molecule has 1 N–H and O–H groups in total. The fraction of sp³-hybridized carbons (Fsp3) is 0.0435. The number of benzene rings is 2. The minimum atomic E-state index is -0.333. The van der Waals surface area contributed by atoms with Crippen LogP contribution in [0.4, 0.5) is 0 Å². The molecule has 0 atom stereocenters. The van der Waals surface area contributed by atoms with Crippen LogP contribution in [0.25, 0.3) is 22.2 Å². The average molecular weight is 401 g/mol. The van der Waals surface area contributed by atoms with Crippen molar-refractivity contribution in [1.82, 2.24) is 15.4 Å². The first-order chi connectivity index (χ1) is 14.1. The lowest BCUT2D eigenvalue weighted by molar-refractivity contribution is 0.0956. The molecule has 0 spiro atoms. The van der Waals surface area contributed by atoms with Crippen LogP contribution in [0, 0.1) is 0 Å². The lowest BCUT2D eigenvalue weighted by Gasteiger charge is -2.10. The number of amides is 1. The number of para-hydroxylation sites is 1. The highest BCUT2D eigenvalue weighted by Gasteiger charge is 2.15. The number of halogens is 1. The van der Waals surface area contributed by atoms with Crippen molar-refractivity contribution in [3.8, 4) is 11.3 Å². The van der Waals surface area contributed by atoms with Gasteiger partial charge < -0.3 is 0 Å². The van der Waals surface area contributed by atoms with Gasteiger partial charge in [-0.25, -0.2) is 10.4 Å². The van der Waals surface area contributed by atoms with Crippen molar-refractivity contribution in [2.24, 2.45) is 5.10 Å². The molecule has 2 aromatic carbocycles. The van der Waals surface area contributed by atoms with Crippen LogP contribution in [-0.2, 0) is 0 Å². The first kappa shape index (κ1) is 18.8. The van der Waals surface area contributed by atoms with Gasteiger partial charge in [-0.3, -0.25) is 9.78 Å². The summed E-state index contributed by atoms with van der Waals surface area (Å²) < 4.78 is 0. The van der Waals surface area contributed by atoms with Crippen LogP contribution in [-0.4, -0.2) is 21.6 Å². The lowest BCUT2D eigenvalue weighted by atomic mass is 10.0. The number of hydrogen-bond donors (Lipinski definition) is 1. The molecular formula is C23H17ClN4O. The molecule has 0 bridgehead atoms. The zero-order valence-electron chi connectivity index (χ0n) is 15.6. The van der Waals surface area contributed by atoms with E-state index in [9.17, 15) is 4.79 Å². The second-order valence-electron chi connectivity index (χ2n) is 6.44. The molecule has 29 heavy (non-hydrogen) atoms. The van der Waals surface area contributed by atoms with Crippen molar-refractivity contribution >= 4 is 34.1 Å². The Kier molecular flexibility index (Phi) is 5.31. The summed E-state index contributed by atoms with van der Waals surface area (Å²) in [5.74, 6) is -0.333. The van der Waals surface area contributed by atoms with Crippen LogP contribution in [0.1, 0.15) is 22.8 Å².